The molecule has 0 bridgehead atoms. The van der Waals surface area contributed by atoms with Gasteiger partial charge in [-0.05, 0) is 81.7 Å². The van der Waals surface area contributed by atoms with Gasteiger partial charge >= 0.3 is 6.18 Å². The van der Waals surface area contributed by atoms with Crippen LogP contribution in [0.5, 0.6) is 0 Å². The molecule has 0 radical (unpaired) electrons. The van der Waals surface area contributed by atoms with Crippen molar-refractivity contribution in [3.63, 3.8) is 0 Å². The first-order valence-electron chi connectivity index (χ1n) is 18.9. The third-order valence-corrected chi connectivity index (χ3v) is 11.1. The first-order valence-corrected chi connectivity index (χ1v) is 19.6. The van der Waals surface area contributed by atoms with Crippen molar-refractivity contribution in [2.75, 3.05) is 39.3 Å². The van der Waals surface area contributed by atoms with E-state index in [1.54, 1.807) is 17.0 Å². The summed E-state index contributed by atoms with van der Waals surface area (Å²) in [6.07, 6.45) is 1.54. The number of amides is 4. The van der Waals surface area contributed by atoms with Crippen LogP contribution in [0.2, 0.25) is 10.0 Å². The quantitative estimate of drug-likeness (QED) is 0.192. The number of ketones is 1. The van der Waals surface area contributed by atoms with E-state index in [2.05, 4.69) is 10.6 Å². The van der Waals surface area contributed by atoms with Crippen LogP contribution < -0.4 is 16.4 Å². The van der Waals surface area contributed by atoms with Crippen molar-refractivity contribution in [1.82, 2.24) is 20.4 Å². The van der Waals surface area contributed by atoms with Gasteiger partial charge in [-0.2, -0.15) is 13.2 Å². The van der Waals surface area contributed by atoms with Crippen molar-refractivity contribution >= 4 is 52.6 Å². The summed E-state index contributed by atoms with van der Waals surface area (Å²) in [4.78, 5) is 67.8. The molecule has 4 amide bonds. The molecule has 55 heavy (non-hydrogen) atoms. The summed E-state index contributed by atoms with van der Waals surface area (Å²) in [5.74, 6) is -2.16. The molecule has 2 unspecified atom stereocenters. The summed E-state index contributed by atoms with van der Waals surface area (Å²) in [5.41, 5.74) is 5.84. The highest BCUT2D eigenvalue weighted by Gasteiger charge is 2.45. The van der Waals surface area contributed by atoms with Crippen molar-refractivity contribution in [3.8, 4) is 0 Å². The van der Waals surface area contributed by atoms with Gasteiger partial charge < -0.3 is 26.2 Å². The third-order valence-electron chi connectivity index (χ3n) is 10.4. The highest BCUT2D eigenvalue weighted by atomic mass is 35.5. The normalized spacial score (nSPS) is 18.7. The summed E-state index contributed by atoms with van der Waals surface area (Å²) in [7, 11) is 0. The fraction of sp³-hybridized carbons (Fsp3) is 0.575. The van der Waals surface area contributed by atoms with E-state index in [1.165, 1.54) is 0 Å². The Balaban J connectivity index is 0.00000106. The van der Waals surface area contributed by atoms with Gasteiger partial charge in [-0.25, -0.2) is 0 Å². The van der Waals surface area contributed by atoms with Crippen molar-refractivity contribution in [3.05, 3.63) is 69.7 Å². The molecular weight excluding hydrogens is 758 g/mol. The van der Waals surface area contributed by atoms with Gasteiger partial charge in [-0.3, -0.25) is 24.0 Å². The highest BCUT2D eigenvalue weighted by Crippen LogP contribution is 2.36. The number of carbonyl (C=O) groups excluding carboxylic acids is 5. The van der Waals surface area contributed by atoms with Crippen molar-refractivity contribution < 1.29 is 37.1 Å². The average molecular weight is 813 g/mol. The maximum Gasteiger partial charge on any atom is 0.449 e. The number of carbonyl (C=O) groups is 5. The van der Waals surface area contributed by atoms with Crippen LogP contribution >= 0.6 is 23.2 Å². The number of alkyl halides is 3. The minimum absolute atomic E-state index is 0.0652. The van der Waals surface area contributed by atoms with Gasteiger partial charge in [0, 0.05) is 57.9 Å². The van der Waals surface area contributed by atoms with E-state index in [0.717, 1.165) is 30.4 Å². The SMILES string of the molecule is CC(=O)C(F)(F)F.CCNC(=O)C1(Cc2ccccc2)CCCN(C(=O)C(Cc2ccc(Cl)c(Cl)c2)NC(=O)C2(C)CCN(C(=O)CCCCCN)CC2)C1. The maximum atomic E-state index is 14.4. The number of nitrogens with one attached hydrogen (secondary N) is 2. The fourth-order valence-corrected chi connectivity index (χ4v) is 7.27. The minimum Gasteiger partial charge on any atom is -0.356 e. The van der Waals surface area contributed by atoms with E-state index in [1.807, 2.05) is 55.1 Å². The molecule has 2 atom stereocenters. The van der Waals surface area contributed by atoms with E-state index in [9.17, 15) is 37.1 Å². The maximum absolute atomic E-state index is 14.4. The van der Waals surface area contributed by atoms with Crippen molar-refractivity contribution in [1.29, 1.82) is 0 Å². The van der Waals surface area contributed by atoms with Crippen LogP contribution in [0.1, 0.15) is 83.3 Å². The number of rotatable bonds is 14. The summed E-state index contributed by atoms with van der Waals surface area (Å²) in [6.45, 7) is 7.13. The molecule has 0 saturated carbocycles. The Bertz CT molecular complexity index is 1620. The first-order chi connectivity index (χ1) is 25.9. The number of piperidine rings is 2. The largest absolute Gasteiger partial charge is 0.449 e. The van der Waals surface area contributed by atoms with Gasteiger partial charge in [0.2, 0.25) is 29.4 Å². The van der Waals surface area contributed by atoms with Gasteiger partial charge in [0.05, 0.1) is 15.5 Å². The number of unbranched alkanes of at least 4 members (excludes halogenated alkanes) is 2. The molecule has 2 aliphatic heterocycles. The number of nitrogens with zero attached hydrogens (tertiary/aromatic N) is 2. The fourth-order valence-electron chi connectivity index (χ4n) is 6.95. The Morgan fingerprint density at radius 1 is 0.873 bits per heavy atom. The molecule has 2 saturated heterocycles. The molecule has 304 valence electrons. The number of hydrogen-bond acceptors (Lipinski definition) is 6. The van der Waals surface area contributed by atoms with Gasteiger partial charge in [0.1, 0.15) is 6.04 Å². The van der Waals surface area contributed by atoms with Gasteiger partial charge in [-0.15, -0.1) is 0 Å². The molecule has 2 aromatic rings. The molecule has 2 fully saturated rings. The van der Waals surface area contributed by atoms with Crippen molar-refractivity contribution in [2.24, 2.45) is 16.6 Å². The third kappa shape index (κ3) is 13.5. The number of likely N-dealkylation sites (tertiary alicyclic amines) is 2. The van der Waals surface area contributed by atoms with Crippen LogP contribution in [-0.4, -0.2) is 90.7 Å². The molecule has 0 aliphatic carbocycles. The predicted octanol–water partition coefficient (Wildman–Crippen LogP) is 6.29. The Kier molecular flexibility index (Phi) is 17.5. The second-order valence-corrected chi connectivity index (χ2v) is 15.6. The second kappa shape index (κ2) is 21.0. The topological polar surface area (TPSA) is 142 Å². The van der Waals surface area contributed by atoms with Gasteiger partial charge in [-0.1, -0.05) is 72.9 Å². The average Bonchev–Trinajstić information content (AvgIpc) is 3.15. The minimum atomic E-state index is -4.64. The van der Waals surface area contributed by atoms with Crippen LogP contribution in [0.15, 0.2) is 48.5 Å². The number of Topliss-reactive ketones (excluding diaryl/α,β-unsaturated/α-hetero) is 1. The van der Waals surface area contributed by atoms with E-state index >= 15 is 0 Å². The van der Waals surface area contributed by atoms with Gasteiger partial charge in [0.25, 0.3) is 0 Å². The van der Waals surface area contributed by atoms with Crippen LogP contribution in [0.4, 0.5) is 13.2 Å². The number of benzene rings is 2. The number of halogens is 5. The molecule has 15 heteroatoms. The Labute approximate surface area is 332 Å². The Morgan fingerprint density at radius 2 is 1.53 bits per heavy atom. The lowest BCUT2D eigenvalue weighted by Gasteiger charge is -2.43. The predicted molar refractivity (Wildman–Crippen MR) is 207 cm³/mol. The molecule has 10 nitrogen and oxygen atoms in total. The molecule has 0 spiro atoms. The molecule has 4 N–H and O–H groups in total. The molecule has 4 rings (SSSR count). The Morgan fingerprint density at radius 3 is 2.11 bits per heavy atom. The monoisotopic (exact) mass is 811 g/mol. The lowest BCUT2D eigenvalue weighted by Crippen LogP contribution is -2.59. The summed E-state index contributed by atoms with van der Waals surface area (Å²) in [6, 6.07) is 14.2. The standard InChI is InChI=1S/C37H51Cl2N5O4.C3H3F3O/c1-3-41-35(48)37(25-27-11-6-4-7-12-27)16-10-20-44(26-37)33(46)31(24-28-14-15-29(38)30(39)23-28)42-34(47)36(2)17-21-43(22-18-36)32(45)13-8-5-9-19-40;1-2(7)3(4,5)6/h4,6-7,11-12,14-15,23,31H,3,5,8-10,13,16-22,24-26,40H2,1-2H3,(H,41,48)(H,42,47);1H3. The zero-order valence-electron chi connectivity index (χ0n) is 31.9. The molecule has 2 heterocycles. The van der Waals surface area contributed by atoms with Crippen LogP contribution in [0.3, 0.4) is 0 Å². The van der Waals surface area contributed by atoms with E-state index in [4.69, 9.17) is 28.9 Å². The molecule has 2 aliphatic rings. The van der Waals surface area contributed by atoms with E-state index in [0.29, 0.717) is 88.2 Å². The zero-order chi connectivity index (χ0) is 40.8. The van der Waals surface area contributed by atoms with Crippen molar-refractivity contribution in [2.45, 2.75) is 97.2 Å². The Hall–Kier alpha value is -3.68. The summed E-state index contributed by atoms with van der Waals surface area (Å²) in [5, 5.41) is 6.90. The first kappa shape index (κ1) is 45.7. The smallest absolute Gasteiger partial charge is 0.356 e. The molecule has 2 aromatic carbocycles. The molecule has 0 aromatic heterocycles. The lowest BCUT2D eigenvalue weighted by molar-refractivity contribution is -0.168. The van der Waals surface area contributed by atoms with Crippen LogP contribution in [0, 0.1) is 10.8 Å². The number of nitrogens with two attached hydrogens (primary N) is 1. The van der Waals surface area contributed by atoms with Gasteiger partial charge in [0.15, 0.2) is 0 Å². The summed E-state index contributed by atoms with van der Waals surface area (Å²) < 4.78 is 32.5. The lowest BCUT2D eigenvalue weighted by atomic mass is 9.74. The van der Waals surface area contributed by atoms with Crippen LogP contribution in [0.25, 0.3) is 0 Å². The highest BCUT2D eigenvalue weighted by molar-refractivity contribution is 6.42. The zero-order valence-corrected chi connectivity index (χ0v) is 33.4. The van der Waals surface area contributed by atoms with Crippen LogP contribution in [-0.2, 0) is 36.8 Å². The second-order valence-electron chi connectivity index (χ2n) is 14.7. The van der Waals surface area contributed by atoms with E-state index < -0.39 is 28.8 Å². The molecular formula is C40H54Cl2F3N5O5. The number of hydrogen-bond donors (Lipinski definition) is 3. The summed E-state index contributed by atoms with van der Waals surface area (Å²) >= 11 is 12.5. The van der Waals surface area contributed by atoms with E-state index in [-0.39, 0.29) is 36.6 Å².